The SMILES string of the molecule is C=C(C)/C(CN(C)C)=C(C(=O)OC)\C(C)=C/C. The molecule has 0 heterocycles. The summed E-state index contributed by atoms with van der Waals surface area (Å²) in [4.78, 5) is 13.9. The molecular formula is C14H23NO2. The summed E-state index contributed by atoms with van der Waals surface area (Å²) in [6, 6.07) is 0. The van der Waals surface area contributed by atoms with Gasteiger partial charge in [0.05, 0.1) is 12.7 Å². The number of allylic oxidation sites excluding steroid dienone is 1. The molecule has 0 atom stereocenters. The third kappa shape index (κ3) is 4.57. The fraction of sp³-hybridized carbons (Fsp3) is 0.500. The molecule has 0 N–H and O–H groups in total. The number of likely N-dealkylation sites (N-methyl/N-ethyl adjacent to an activating group) is 1. The molecule has 0 rings (SSSR count). The van der Waals surface area contributed by atoms with Gasteiger partial charge in [0.2, 0.25) is 0 Å². The van der Waals surface area contributed by atoms with Crippen molar-refractivity contribution < 1.29 is 9.53 Å². The topological polar surface area (TPSA) is 29.5 Å². The zero-order valence-electron chi connectivity index (χ0n) is 11.8. The molecule has 0 bridgehead atoms. The Morgan fingerprint density at radius 3 is 2.18 bits per heavy atom. The highest BCUT2D eigenvalue weighted by atomic mass is 16.5. The first kappa shape index (κ1) is 15.7. The van der Waals surface area contributed by atoms with Crippen molar-refractivity contribution in [1.82, 2.24) is 4.90 Å². The van der Waals surface area contributed by atoms with E-state index < -0.39 is 0 Å². The molecule has 0 unspecified atom stereocenters. The maximum atomic E-state index is 11.9. The molecule has 0 aromatic rings. The first-order valence-corrected chi connectivity index (χ1v) is 5.60. The Hall–Kier alpha value is -1.35. The van der Waals surface area contributed by atoms with E-state index in [1.165, 1.54) is 7.11 Å². The second-order valence-electron chi connectivity index (χ2n) is 4.33. The minimum Gasteiger partial charge on any atom is -0.465 e. The summed E-state index contributed by atoms with van der Waals surface area (Å²) < 4.78 is 4.85. The van der Waals surface area contributed by atoms with Crippen molar-refractivity contribution in [3.63, 3.8) is 0 Å². The average Bonchev–Trinajstić information content (AvgIpc) is 2.26. The lowest BCUT2D eigenvalue weighted by atomic mass is 9.96. The molecule has 0 saturated carbocycles. The van der Waals surface area contributed by atoms with Crippen LogP contribution in [0.15, 0.2) is 34.9 Å². The van der Waals surface area contributed by atoms with Crippen LogP contribution >= 0.6 is 0 Å². The average molecular weight is 237 g/mol. The molecule has 0 aromatic carbocycles. The molecule has 0 fully saturated rings. The second kappa shape index (κ2) is 7.07. The molecule has 0 aliphatic rings. The van der Waals surface area contributed by atoms with Gasteiger partial charge < -0.3 is 9.64 Å². The van der Waals surface area contributed by atoms with E-state index in [2.05, 4.69) is 6.58 Å². The van der Waals surface area contributed by atoms with E-state index in [9.17, 15) is 4.79 Å². The molecule has 0 radical (unpaired) electrons. The van der Waals surface area contributed by atoms with Crippen molar-refractivity contribution in [2.24, 2.45) is 0 Å². The Bertz CT molecular complexity index is 362. The number of methoxy groups -OCH3 is 1. The summed E-state index contributed by atoms with van der Waals surface area (Å²) in [6.07, 6.45) is 1.91. The number of carbonyl (C=O) groups is 1. The molecule has 3 heteroatoms. The first-order chi connectivity index (χ1) is 7.84. The van der Waals surface area contributed by atoms with Crippen LogP contribution in [0.25, 0.3) is 0 Å². The first-order valence-electron chi connectivity index (χ1n) is 5.60. The van der Waals surface area contributed by atoms with Crippen LogP contribution in [0.4, 0.5) is 0 Å². The maximum absolute atomic E-state index is 11.9. The highest BCUT2D eigenvalue weighted by molar-refractivity contribution is 5.95. The van der Waals surface area contributed by atoms with Gasteiger partial charge in [-0.15, -0.1) is 0 Å². The van der Waals surface area contributed by atoms with Gasteiger partial charge >= 0.3 is 5.97 Å². The van der Waals surface area contributed by atoms with E-state index in [0.29, 0.717) is 12.1 Å². The molecule has 0 aliphatic heterocycles. The largest absolute Gasteiger partial charge is 0.465 e. The van der Waals surface area contributed by atoms with E-state index >= 15 is 0 Å². The van der Waals surface area contributed by atoms with E-state index in [-0.39, 0.29) is 5.97 Å². The molecule has 0 saturated heterocycles. The summed E-state index contributed by atoms with van der Waals surface area (Å²) in [5, 5.41) is 0. The number of carbonyl (C=O) groups excluding carboxylic acids is 1. The van der Waals surface area contributed by atoms with Gasteiger partial charge in [0.25, 0.3) is 0 Å². The normalized spacial score (nSPS) is 13.5. The highest BCUT2D eigenvalue weighted by Gasteiger charge is 2.18. The molecule has 0 aromatic heterocycles. The number of hydrogen-bond acceptors (Lipinski definition) is 3. The third-order valence-electron chi connectivity index (χ3n) is 2.51. The van der Waals surface area contributed by atoms with Crippen molar-refractivity contribution in [2.75, 3.05) is 27.7 Å². The zero-order chi connectivity index (χ0) is 13.6. The van der Waals surface area contributed by atoms with Gasteiger partial charge in [-0.05, 0) is 46.0 Å². The lowest BCUT2D eigenvalue weighted by Gasteiger charge is -2.18. The summed E-state index contributed by atoms with van der Waals surface area (Å²) in [7, 11) is 5.32. The number of hydrogen-bond donors (Lipinski definition) is 0. The molecule has 3 nitrogen and oxygen atoms in total. The lowest BCUT2D eigenvalue weighted by molar-refractivity contribution is -0.135. The Labute approximate surface area is 104 Å². The quantitative estimate of drug-likeness (QED) is 0.418. The fourth-order valence-electron chi connectivity index (χ4n) is 1.51. The van der Waals surface area contributed by atoms with Crippen molar-refractivity contribution in [3.05, 3.63) is 34.9 Å². The minimum atomic E-state index is -0.305. The highest BCUT2D eigenvalue weighted by Crippen LogP contribution is 2.21. The van der Waals surface area contributed by atoms with E-state index in [1.54, 1.807) is 0 Å². The fourth-order valence-corrected chi connectivity index (χ4v) is 1.51. The van der Waals surface area contributed by atoms with Crippen LogP contribution in [0.3, 0.4) is 0 Å². The third-order valence-corrected chi connectivity index (χ3v) is 2.51. The Kier molecular flexibility index (Phi) is 6.51. The smallest absolute Gasteiger partial charge is 0.338 e. The minimum absolute atomic E-state index is 0.305. The monoisotopic (exact) mass is 237 g/mol. The van der Waals surface area contributed by atoms with Gasteiger partial charge in [-0.3, -0.25) is 0 Å². The van der Waals surface area contributed by atoms with E-state index in [1.807, 2.05) is 45.8 Å². The summed E-state index contributed by atoms with van der Waals surface area (Å²) in [6.45, 7) is 10.3. The van der Waals surface area contributed by atoms with Crippen molar-refractivity contribution in [3.8, 4) is 0 Å². The molecule has 17 heavy (non-hydrogen) atoms. The van der Waals surface area contributed by atoms with Crippen molar-refractivity contribution in [2.45, 2.75) is 20.8 Å². The molecule has 0 aliphatic carbocycles. The molecule has 0 spiro atoms. The van der Waals surface area contributed by atoms with Crippen LogP contribution in [0.1, 0.15) is 20.8 Å². The van der Waals surface area contributed by atoms with Crippen LogP contribution < -0.4 is 0 Å². The van der Waals surface area contributed by atoms with E-state index in [4.69, 9.17) is 4.74 Å². The molecule has 96 valence electrons. The van der Waals surface area contributed by atoms with Crippen LogP contribution in [-0.4, -0.2) is 38.6 Å². The molecular weight excluding hydrogens is 214 g/mol. The lowest BCUT2D eigenvalue weighted by Crippen LogP contribution is -2.20. The second-order valence-corrected chi connectivity index (χ2v) is 4.33. The van der Waals surface area contributed by atoms with Crippen LogP contribution in [0, 0.1) is 0 Å². The van der Waals surface area contributed by atoms with Gasteiger partial charge in [-0.1, -0.05) is 18.2 Å². The molecule has 0 amide bonds. The summed E-state index contributed by atoms with van der Waals surface area (Å²) >= 11 is 0. The van der Waals surface area contributed by atoms with Gasteiger partial charge in [0.1, 0.15) is 0 Å². The Balaban J connectivity index is 5.73. The predicted molar refractivity (Wildman–Crippen MR) is 71.8 cm³/mol. The summed E-state index contributed by atoms with van der Waals surface area (Å²) in [5.41, 5.74) is 3.35. The van der Waals surface area contributed by atoms with Crippen LogP contribution in [0.5, 0.6) is 0 Å². The maximum Gasteiger partial charge on any atom is 0.338 e. The number of nitrogens with zero attached hydrogens (tertiary/aromatic N) is 1. The van der Waals surface area contributed by atoms with Crippen LogP contribution in [0.2, 0.25) is 0 Å². The van der Waals surface area contributed by atoms with Crippen molar-refractivity contribution >= 4 is 5.97 Å². The number of rotatable bonds is 5. The van der Waals surface area contributed by atoms with Gasteiger partial charge in [-0.2, -0.15) is 0 Å². The predicted octanol–water partition coefficient (Wildman–Crippen LogP) is 2.56. The standard InChI is InChI=1S/C14H23NO2/c1-8-11(4)13(14(16)17-7)12(10(2)3)9-15(5)6/h8H,2,9H2,1,3-7H3/b11-8-,13-12+. The van der Waals surface area contributed by atoms with Crippen molar-refractivity contribution in [1.29, 1.82) is 0 Å². The van der Waals surface area contributed by atoms with E-state index in [0.717, 1.165) is 16.7 Å². The Morgan fingerprint density at radius 1 is 1.35 bits per heavy atom. The van der Waals surface area contributed by atoms with Crippen LogP contribution in [-0.2, 0) is 9.53 Å². The van der Waals surface area contributed by atoms with Gasteiger partial charge in [0, 0.05) is 6.54 Å². The number of esters is 1. The Morgan fingerprint density at radius 2 is 1.88 bits per heavy atom. The zero-order valence-corrected chi connectivity index (χ0v) is 11.8. The summed E-state index contributed by atoms with van der Waals surface area (Å²) in [5.74, 6) is -0.305. The number of ether oxygens (including phenoxy) is 1. The van der Waals surface area contributed by atoms with Gasteiger partial charge in [-0.25, -0.2) is 4.79 Å². The van der Waals surface area contributed by atoms with Gasteiger partial charge in [0.15, 0.2) is 0 Å².